The molecule has 0 saturated carbocycles. The van der Waals surface area contributed by atoms with Gasteiger partial charge >= 0.3 is 6.18 Å². The summed E-state index contributed by atoms with van der Waals surface area (Å²) in [5.41, 5.74) is 0.519. The number of rotatable bonds is 1. The molecule has 2 heterocycles. The molecule has 0 radical (unpaired) electrons. The fourth-order valence-electron chi connectivity index (χ4n) is 2.52. The molecule has 0 bridgehead atoms. The van der Waals surface area contributed by atoms with Gasteiger partial charge in [0.15, 0.2) is 5.72 Å². The molecule has 0 amide bonds. The number of ether oxygens (including phenoxy) is 1. The summed E-state index contributed by atoms with van der Waals surface area (Å²) in [6.45, 7) is 5.36. The maximum absolute atomic E-state index is 13.0. The number of hydrogen-bond acceptors (Lipinski definition) is 3. The molecule has 0 spiro atoms. The van der Waals surface area contributed by atoms with Crippen molar-refractivity contribution < 1.29 is 17.9 Å². The summed E-state index contributed by atoms with van der Waals surface area (Å²) >= 11 is 0. The van der Waals surface area contributed by atoms with Crippen molar-refractivity contribution in [2.24, 2.45) is 4.99 Å². The Morgan fingerprint density at radius 2 is 1.87 bits per heavy atom. The van der Waals surface area contributed by atoms with Crippen LogP contribution in [-0.2, 0) is 6.18 Å². The van der Waals surface area contributed by atoms with Crippen LogP contribution in [0.15, 0.2) is 41.5 Å². The number of aliphatic imine (C=N–C) groups is 1. The van der Waals surface area contributed by atoms with Crippen LogP contribution < -0.4 is 4.74 Å². The molecule has 0 aliphatic carbocycles. The van der Waals surface area contributed by atoms with Crippen LogP contribution in [0.3, 0.4) is 0 Å². The van der Waals surface area contributed by atoms with Gasteiger partial charge in [0.25, 0.3) is 0 Å². The molecule has 0 atom stereocenters. The molecular weight excluding hydrogens is 305 g/mol. The zero-order valence-corrected chi connectivity index (χ0v) is 12.9. The smallest absolute Gasteiger partial charge is 0.416 e. The highest BCUT2D eigenvalue weighted by Crippen LogP contribution is 2.37. The molecule has 0 saturated heterocycles. The third-order valence-corrected chi connectivity index (χ3v) is 3.54. The number of benzene rings is 1. The first-order valence-corrected chi connectivity index (χ1v) is 7.10. The van der Waals surface area contributed by atoms with Crippen molar-refractivity contribution in [1.29, 1.82) is 0 Å². The summed E-state index contributed by atoms with van der Waals surface area (Å²) in [5, 5.41) is 0. The van der Waals surface area contributed by atoms with E-state index in [0.717, 1.165) is 17.7 Å². The predicted molar refractivity (Wildman–Crippen MR) is 80.8 cm³/mol. The normalized spacial score (nSPS) is 16.3. The number of fused-ring (bicyclic) bond motifs is 1. The van der Waals surface area contributed by atoms with Gasteiger partial charge in [-0.15, -0.1) is 0 Å². The first kappa shape index (κ1) is 15.5. The summed E-state index contributed by atoms with van der Waals surface area (Å²) < 4.78 is 44.8. The fourth-order valence-corrected chi connectivity index (χ4v) is 2.52. The molecule has 1 aromatic carbocycles. The minimum absolute atomic E-state index is 0.306. The van der Waals surface area contributed by atoms with Crippen LogP contribution in [0.4, 0.5) is 13.2 Å². The molecule has 1 aliphatic heterocycles. The van der Waals surface area contributed by atoms with E-state index in [1.54, 1.807) is 26.1 Å². The Morgan fingerprint density at radius 1 is 1.13 bits per heavy atom. The summed E-state index contributed by atoms with van der Waals surface area (Å²) in [7, 11) is 0. The SMILES string of the molecule is Cc1cccnc1C1=NC(C)(C)Oc2ccc(C(F)(F)F)cc21. The standard InChI is InChI=1S/C17H15F3N2O/c1-10-5-4-8-21-14(10)15-12-9-11(17(18,19)20)6-7-13(12)23-16(2,3)22-15/h4-9H,1-3H3. The maximum Gasteiger partial charge on any atom is 0.416 e. The second kappa shape index (κ2) is 5.08. The molecule has 3 nitrogen and oxygen atoms in total. The third-order valence-electron chi connectivity index (χ3n) is 3.54. The van der Waals surface area contributed by atoms with Gasteiger partial charge in [-0.05, 0) is 50.6 Å². The van der Waals surface area contributed by atoms with Crippen molar-refractivity contribution in [3.8, 4) is 5.75 Å². The van der Waals surface area contributed by atoms with E-state index in [1.165, 1.54) is 6.07 Å². The van der Waals surface area contributed by atoms with Crippen LogP contribution in [0.25, 0.3) is 0 Å². The van der Waals surface area contributed by atoms with Gasteiger partial charge in [0, 0.05) is 11.8 Å². The first-order valence-electron chi connectivity index (χ1n) is 7.10. The Kier molecular flexibility index (Phi) is 3.43. The van der Waals surface area contributed by atoms with Crippen LogP contribution in [0.1, 0.15) is 36.2 Å². The number of alkyl halides is 3. The van der Waals surface area contributed by atoms with E-state index in [9.17, 15) is 13.2 Å². The second-order valence-electron chi connectivity index (χ2n) is 5.89. The minimum Gasteiger partial charge on any atom is -0.466 e. The van der Waals surface area contributed by atoms with Crippen LogP contribution in [0, 0.1) is 6.92 Å². The molecule has 23 heavy (non-hydrogen) atoms. The highest BCUT2D eigenvalue weighted by Gasteiger charge is 2.35. The van der Waals surface area contributed by atoms with E-state index in [1.807, 2.05) is 13.0 Å². The second-order valence-corrected chi connectivity index (χ2v) is 5.89. The number of nitrogens with zero attached hydrogens (tertiary/aromatic N) is 2. The third kappa shape index (κ3) is 2.93. The molecule has 6 heteroatoms. The van der Waals surface area contributed by atoms with Crippen molar-refractivity contribution in [2.75, 3.05) is 0 Å². The predicted octanol–water partition coefficient (Wildman–Crippen LogP) is 4.37. The lowest BCUT2D eigenvalue weighted by molar-refractivity contribution is -0.137. The van der Waals surface area contributed by atoms with Crippen LogP contribution >= 0.6 is 0 Å². The van der Waals surface area contributed by atoms with Gasteiger partial charge in [-0.1, -0.05) is 6.07 Å². The zero-order valence-electron chi connectivity index (χ0n) is 12.9. The molecule has 0 fully saturated rings. The molecule has 3 rings (SSSR count). The fraction of sp³-hybridized carbons (Fsp3) is 0.294. The van der Waals surface area contributed by atoms with E-state index in [0.29, 0.717) is 22.7 Å². The number of aryl methyl sites for hydroxylation is 1. The van der Waals surface area contributed by atoms with Crippen LogP contribution in [0.5, 0.6) is 5.75 Å². The lowest BCUT2D eigenvalue weighted by Gasteiger charge is -2.30. The molecule has 0 N–H and O–H groups in total. The van der Waals surface area contributed by atoms with Crippen molar-refractivity contribution in [3.63, 3.8) is 0 Å². The van der Waals surface area contributed by atoms with Crippen molar-refractivity contribution >= 4 is 5.71 Å². The number of halogens is 3. The first-order chi connectivity index (χ1) is 10.7. The van der Waals surface area contributed by atoms with Gasteiger partial charge in [-0.3, -0.25) is 4.98 Å². The quantitative estimate of drug-likeness (QED) is 0.782. The van der Waals surface area contributed by atoms with Gasteiger partial charge in [0.1, 0.15) is 5.75 Å². The Hall–Kier alpha value is -2.37. The number of aromatic nitrogens is 1. The lowest BCUT2D eigenvalue weighted by atomic mass is 9.98. The Morgan fingerprint density at radius 3 is 2.52 bits per heavy atom. The van der Waals surface area contributed by atoms with Crippen LogP contribution in [0.2, 0.25) is 0 Å². The van der Waals surface area contributed by atoms with Gasteiger partial charge in [0.2, 0.25) is 0 Å². The molecule has 0 unspecified atom stereocenters. The van der Waals surface area contributed by atoms with E-state index >= 15 is 0 Å². The number of hydrogen-bond donors (Lipinski definition) is 0. The van der Waals surface area contributed by atoms with E-state index in [4.69, 9.17) is 4.74 Å². The Labute approximate surface area is 131 Å². The average Bonchev–Trinajstić information content (AvgIpc) is 2.44. The van der Waals surface area contributed by atoms with Gasteiger partial charge < -0.3 is 4.74 Å². The highest BCUT2D eigenvalue weighted by atomic mass is 19.4. The van der Waals surface area contributed by atoms with Crippen molar-refractivity contribution in [1.82, 2.24) is 4.98 Å². The van der Waals surface area contributed by atoms with Crippen molar-refractivity contribution in [3.05, 3.63) is 58.9 Å². The zero-order chi connectivity index (χ0) is 16.8. The Balaban J connectivity index is 2.23. The number of pyridine rings is 1. The lowest BCUT2D eigenvalue weighted by Crippen LogP contribution is -2.33. The van der Waals surface area contributed by atoms with Crippen LogP contribution in [-0.4, -0.2) is 16.4 Å². The largest absolute Gasteiger partial charge is 0.466 e. The van der Waals surface area contributed by atoms with E-state index in [2.05, 4.69) is 9.98 Å². The topological polar surface area (TPSA) is 34.5 Å². The summed E-state index contributed by atoms with van der Waals surface area (Å²) in [6.07, 6.45) is -2.83. The molecule has 1 aliphatic rings. The molecular formula is C17H15F3N2O. The molecule has 2 aromatic rings. The molecule has 1 aromatic heterocycles. The highest BCUT2D eigenvalue weighted by molar-refractivity contribution is 6.14. The van der Waals surface area contributed by atoms with Gasteiger partial charge in [0.05, 0.1) is 17.0 Å². The summed E-state index contributed by atoms with van der Waals surface area (Å²) in [4.78, 5) is 8.76. The van der Waals surface area contributed by atoms with E-state index in [-0.39, 0.29) is 0 Å². The monoisotopic (exact) mass is 320 g/mol. The van der Waals surface area contributed by atoms with Gasteiger partial charge in [-0.2, -0.15) is 13.2 Å². The average molecular weight is 320 g/mol. The maximum atomic E-state index is 13.0. The Bertz CT molecular complexity index is 795. The summed E-state index contributed by atoms with van der Waals surface area (Å²) in [6, 6.07) is 7.05. The van der Waals surface area contributed by atoms with Crippen molar-refractivity contribution in [2.45, 2.75) is 32.7 Å². The van der Waals surface area contributed by atoms with E-state index < -0.39 is 17.5 Å². The minimum atomic E-state index is -4.42. The summed E-state index contributed by atoms with van der Waals surface area (Å²) in [5.74, 6) is 0.373. The molecule has 120 valence electrons. The van der Waals surface area contributed by atoms with Gasteiger partial charge in [-0.25, -0.2) is 4.99 Å².